The summed E-state index contributed by atoms with van der Waals surface area (Å²) in [6, 6.07) is 10.1. The topological polar surface area (TPSA) is 89.2 Å². The number of nitrogens with zero attached hydrogens (tertiary/aromatic N) is 4. The maximum atomic E-state index is 12.7. The number of rotatable bonds is 6. The zero-order valence-corrected chi connectivity index (χ0v) is 14.8. The van der Waals surface area contributed by atoms with Gasteiger partial charge in [-0.25, -0.2) is 8.42 Å². The minimum Gasteiger partial charge on any atom is -0.334 e. The highest BCUT2D eigenvalue weighted by Crippen LogP contribution is 2.25. The summed E-state index contributed by atoms with van der Waals surface area (Å²) < 4.78 is 32.0. The molecule has 3 rings (SSSR count). The van der Waals surface area contributed by atoms with Crippen molar-refractivity contribution < 1.29 is 12.9 Å². The van der Waals surface area contributed by atoms with Crippen molar-refractivity contribution in [2.75, 3.05) is 13.1 Å². The predicted octanol–water partition coefficient (Wildman–Crippen LogP) is 2.83. The van der Waals surface area contributed by atoms with Crippen molar-refractivity contribution in [3.8, 4) is 22.8 Å². The van der Waals surface area contributed by atoms with Gasteiger partial charge in [-0.05, 0) is 30.3 Å². The molecule has 0 aliphatic rings. The number of hydrogen-bond acceptors (Lipinski definition) is 6. The van der Waals surface area contributed by atoms with Gasteiger partial charge >= 0.3 is 0 Å². The van der Waals surface area contributed by atoms with E-state index in [9.17, 15) is 8.42 Å². The van der Waals surface area contributed by atoms with E-state index in [1.807, 2.05) is 19.9 Å². The van der Waals surface area contributed by atoms with Gasteiger partial charge in [0.1, 0.15) is 0 Å². The Kier molecular flexibility index (Phi) is 4.91. The zero-order chi connectivity index (χ0) is 17.9. The highest BCUT2D eigenvalue weighted by molar-refractivity contribution is 7.89. The summed E-state index contributed by atoms with van der Waals surface area (Å²) in [7, 11) is -3.54. The summed E-state index contributed by atoms with van der Waals surface area (Å²) in [6.45, 7) is 4.44. The van der Waals surface area contributed by atoms with Gasteiger partial charge in [0, 0.05) is 36.6 Å². The van der Waals surface area contributed by atoms with Crippen molar-refractivity contribution >= 4 is 10.0 Å². The molecular formula is C17H18N4O3S. The van der Waals surface area contributed by atoms with Gasteiger partial charge in [0.05, 0.1) is 4.90 Å². The molecule has 2 aromatic heterocycles. The minimum absolute atomic E-state index is 0.204. The lowest BCUT2D eigenvalue weighted by atomic mass is 10.2. The molecule has 0 saturated heterocycles. The van der Waals surface area contributed by atoms with Crippen LogP contribution >= 0.6 is 0 Å². The number of sulfonamides is 1. The van der Waals surface area contributed by atoms with Gasteiger partial charge in [-0.1, -0.05) is 25.1 Å². The van der Waals surface area contributed by atoms with Crippen molar-refractivity contribution in [1.82, 2.24) is 19.4 Å². The average molecular weight is 358 g/mol. The van der Waals surface area contributed by atoms with Crippen LogP contribution in [-0.2, 0) is 10.0 Å². The maximum absolute atomic E-state index is 12.7. The first-order chi connectivity index (χ1) is 12.1. The summed E-state index contributed by atoms with van der Waals surface area (Å²) in [5, 5.41) is 3.94. The Morgan fingerprint density at radius 1 is 1.08 bits per heavy atom. The third kappa shape index (κ3) is 3.45. The Bertz CT molecular complexity index is 951. The molecule has 7 nitrogen and oxygen atoms in total. The van der Waals surface area contributed by atoms with Gasteiger partial charge < -0.3 is 4.52 Å². The normalized spacial score (nSPS) is 11.8. The Morgan fingerprint density at radius 3 is 2.52 bits per heavy atom. The quantitative estimate of drug-likeness (QED) is 0.673. The van der Waals surface area contributed by atoms with Gasteiger partial charge in [-0.3, -0.25) is 4.98 Å². The number of aromatic nitrogens is 3. The van der Waals surface area contributed by atoms with E-state index in [-0.39, 0.29) is 10.8 Å². The summed E-state index contributed by atoms with van der Waals surface area (Å²) in [5.41, 5.74) is 1.28. The van der Waals surface area contributed by atoms with E-state index >= 15 is 0 Å². The van der Waals surface area contributed by atoms with E-state index in [1.165, 1.54) is 4.31 Å². The number of hydrogen-bond donors (Lipinski definition) is 0. The van der Waals surface area contributed by atoms with Crippen LogP contribution in [0.2, 0.25) is 0 Å². The molecular weight excluding hydrogens is 340 g/mol. The Balaban J connectivity index is 1.97. The first-order valence-corrected chi connectivity index (χ1v) is 9.35. The second kappa shape index (κ2) is 7.12. The lowest BCUT2D eigenvalue weighted by Gasteiger charge is -2.18. The molecule has 0 saturated carbocycles. The standard InChI is InChI=1S/C17H18N4O3S/c1-3-21(4-2)25(22,23)15-9-5-7-13(11-15)17-19-16(20-24-17)14-8-6-10-18-12-14/h5-12H,3-4H2,1-2H3. The van der Waals surface area contributed by atoms with Crippen molar-refractivity contribution in [3.63, 3.8) is 0 Å². The molecule has 3 aromatic rings. The van der Waals surface area contributed by atoms with E-state index in [0.717, 1.165) is 5.56 Å². The van der Waals surface area contributed by atoms with Crippen molar-refractivity contribution in [3.05, 3.63) is 48.8 Å². The van der Waals surface area contributed by atoms with Crippen molar-refractivity contribution in [1.29, 1.82) is 0 Å². The summed E-state index contributed by atoms with van der Waals surface area (Å²) in [6.07, 6.45) is 3.29. The fourth-order valence-electron chi connectivity index (χ4n) is 2.46. The van der Waals surface area contributed by atoms with E-state index in [2.05, 4.69) is 15.1 Å². The Labute approximate surface area is 146 Å². The van der Waals surface area contributed by atoms with E-state index < -0.39 is 10.0 Å². The molecule has 0 bridgehead atoms. The lowest BCUT2D eigenvalue weighted by Crippen LogP contribution is -2.30. The summed E-state index contributed by atoms with van der Waals surface area (Å²) in [5.74, 6) is 0.663. The fraction of sp³-hybridized carbons (Fsp3) is 0.235. The molecule has 0 spiro atoms. The molecule has 8 heteroatoms. The molecule has 0 aliphatic heterocycles. The van der Waals surface area contributed by atoms with Crippen LogP contribution in [0.5, 0.6) is 0 Å². The summed E-state index contributed by atoms with van der Waals surface area (Å²) >= 11 is 0. The molecule has 0 aliphatic carbocycles. The molecule has 0 fully saturated rings. The largest absolute Gasteiger partial charge is 0.334 e. The minimum atomic E-state index is -3.54. The van der Waals surface area contributed by atoms with Gasteiger partial charge in [-0.15, -0.1) is 0 Å². The first-order valence-electron chi connectivity index (χ1n) is 7.91. The average Bonchev–Trinajstić information content (AvgIpc) is 3.13. The van der Waals surface area contributed by atoms with Crippen LogP contribution in [0.3, 0.4) is 0 Å². The van der Waals surface area contributed by atoms with Gasteiger partial charge in [0.15, 0.2) is 0 Å². The van der Waals surface area contributed by atoms with E-state index in [0.29, 0.717) is 24.5 Å². The Morgan fingerprint density at radius 2 is 1.84 bits per heavy atom. The van der Waals surface area contributed by atoms with Crippen LogP contribution < -0.4 is 0 Å². The second-order valence-electron chi connectivity index (χ2n) is 5.28. The molecule has 0 N–H and O–H groups in total. The zero-order valence-electron chi connectivity index (χ0n) is 14.0. The predicted molar refractivity (Wildman–Crippen MR) is 93.1 cm³/mol. The maximum Gasteiger partial charge on any atom is 0.258 e. The lowest BCUT2D eigenvalue weighted by molar-refractivity contribution is 0.432. The molecule has 0 amide bonds. The molecule has 130 valence electrons. The monoisotopic (exact) mass is 358 g/mol. The fourth-order valence-corrected chi connectivity index (χ4v) is 3.96. The second-order valence-corrected chi connectivity index (χ2v) is 7.22. The number of benzene rings is 1. The molecule has 1 aromatic carbocycles. The SMILES string of the molecule is CCN(CC)S(=O)(=O)c1cccc(-c2nc(-c3cccnc3)no2)c1. The van der Waals surface area contributed by atoms with Crippen LogP contribution in [-0.4, -0.2) is 40.9 Å². The van der Waals surface area contributed by atoms with Gasteiger partial charge in [-0.2, -0.15) is 9.29 Å². The van der Waals surface area contributed by atoms with Gasteiger partial charge in [0.2, 0.25) is 15.8 Å². The third-order valence-electron chi connectivity index (χ3n) is 3.77. The Hall–Kier alpha value is -2.58. The number of pyridine rings is 1. The highest BCUT2D eigenvalue weighted by atomic mass is 32.2. The third-order valence-corrected chi connectivity index (χ3v) is 5.82. The molecule has 25 heavy (non-hydrogen) atoms. The van der Waals surface area contributed by atoms with Crippen LogP contribution in [0.25, 0.3) is 22.8 Å². The first kappa shape index (κ1) is 17.2. The van der Waals surface area contributed by atoms with Crippen LogP contribution in [0.15, 0.2) is 58.2 Å². The van der Waals surface area contributed by atoms with Crippen LogP contribution in [0.4, 0.5) is 0 Å². The van der Waals surface area contributed by atoms with E-state index in [1.54, 1.807) is 42.7 Å². The van der Waals surface area contributed by atoms with Gasteiger partial charge in [0.25, 0.3) is 5.89 Å². The van der Waals surface area contributed by atoms with Crippen LogP contribution in [0, 0.1) is 0 Å². The molecule has 2 heterocycles. The van der Waals surface area contributed by atoms with Crippen LogP contribution in [0.1, 0.15) is 13.8 Å². The van der Waals surface area contributed by atoms with E-state index in [4.69, 9.17) is 4.52 Å². The highest BCUT2D eigenvalue weighted by Gasteiger charge is 2.22. The molecule has 0 unspecified atom stereocenters. The molecule has 0 radical (unpaired) electrons. The summed E-state index contributed by atoms with van der Waals surface area (Å²) in [4.78, 5) is 8.56. The van der Waals surface area contributed by atoms with Crippen molar-refractivity contribution in [2.24, 2.45) is 0 Å². The molecule has 0 atom stereocenters. The van der Waals surface area contributed by atoms with Crippen molar-refractivity contribution in [2.45, 2.75) is 18.7 Å². The smallest absolute Gasteiger partial charge is 0.258 e.